The zero-order valence-electron chi connectivity index (χ0n) is 25.1. The SMILES string of the molecule is COc1ccc(CCN2C(=O)[C@@H]3[C@H](C(=O)NCc4ccc(OC)cc4)[C@]4(C)C=C[C@@]3(O4)[C@H]2C(=O)NCc2ccccc2)cc1. The van der Waals surface area contributed by atoms with Gasteiger partial charge >= 0.3 is 0 Å². The van der Waals surface area contributed by atoms with Gasteiger partial charge in [-0.05, 0) is 54.3 Å². The molecule has 5 atom stereocenters. The highest BCUT2D eigenvalue weighted by Crippen LogP contribution is 2.59. The number of hydrogen-bond acceptors (Lipinski definition) is 6. The van der Waals surface area contributed by atoms with Crippen LogP contribution in [0.2, 0.25) is 0 Å². The summed E-state index contributed by atoms with van der Waals surface area (Å²) in [5.41, 5.74) is 0.562. The molecule has 228 valence electrons. The second-order valence-electron chi connectivity index (χ2n) is 11.7. The van der Waals surface area contributed by atoms with Crippen molar-refractivity contribution < 1.29 is 28.6 Å². The molecular weight excluding hydrogens is 558 g/mol. The normalized spacial score (nSPS) is 26.4. The van der Waals surface area contributed by atoms with Gasteiger partial charge in [0.1, 0.15) is 23.1 Å². The van der Waals surface area contributed by atoms with Gasteiger partial charge in [-0.1, -0.05) is 66.7 Å². The van der Waals surface area contributed by atoms with Crippen LogP contribution in [-0.2, 0) is 38.6 Å². The van der Waals surface area contributed by atoms with Crippen molar-refractivity contribution in [1.29, 1.82) is 0 Å². The van der Waals surface area contributed by atoms with E-state index < -0.39 is 29.1 Å². The van der Waals surface area contributed by atoms with Crippen molar-refractivity contribution in [2.75, 3.05) is 20.8 Å². The molecule has 3 amide bonds. The zero-order valence-corrected chi connectivity index (χ0v) is 25.1. The summed E-state index contributed by atoms with van der Waals surface area (Å²) in [4.78, 5) is 43.7. The van der Waals surface area contributed by atoms with Gasteiger partial charge in [0.2, 0.25) is 17.7 Å². The Bertz CT molecular complexity index is 1560. The van der Waals surface area contributed by atoms with E-state index in [1.165, 1.54) is 0 Å². The summed E-state index contributed by atoms with van der Waals surface area (Å²) in [5.74, 6) is -1.02. The van der Waals surface area contributed by atoms with Crippen LogP contribution in [0.3, 0.4) is 0 Å². The summed E-state index contributed by atoms with van der Waals surface area (Å²) in [6.07, 6.45) is 4.21. The number of hydrogen-bond donors (Lipinski definition) is 2. The fourth-order valence-corrected chi connectivity index (χ4v) is 6.84. The molecule has 1 spiro atoms. The van der Waals surface area contributed by atoms with Crippen LogP contribution in [0.4, 0.5) is 0 Å². The summed E-state index contributed by atoms with van der Waals surface area (Å²) < 4.78 is 17.1. The molecule has 0 saturated carbocycles. The summed E-state index contributed by atoms with van der Waals surface area (Å²) >= 11 is 0. The van der Waals surface area contributed by atoms with E-state index in [0.717, 1.165) is 28.2 Å². The van der Waals surface area contributed by atoms with Crippen LogP contribution < -0.4 is 20.1 Å². The minimum atomic E-state index is -1.26. The van der Waals surface area contributed by atoms with Crippen LogP contribution in [0.5, 0.6) is 11.5 Å². The van der Waals surface area contributed by atoms with E-state index in [9.17, 15) is 14.4 Å². The Morgan fingerprint density at radius 1 is 0.795 bits per heavy atom. The van der Waals surface area contributed by atoms with Crippen molar-refractivity contribution in [1.82, 2.24) is 15.5 Å². The number of methoxy groups -OCH3 is 2. The van der Waals surface area contributed by atoms with Crippen molar-refractivity contribution in [3.05, 3.63) is 108 Å². The summed E-state index contributed by atoms with van der Waals surface area (Å²) in [6, 6.07) is 23.8. The molecule has 3 aliphatic rings. The Labute approximate surface area is 257 Å². The Morgan fingerprint density at radius 3 is 1.98 bits per heavy atom. The van der Waals surface area contributed by atoms with Crippen molar-refractivity contribution in [3.8, 4) is 11.5 Å². The number of carbonyl (C=O) groups is 3. The molecule has 3 aliphatic heterocycles. The Morgan fingerprint density at radius 2 is 1.36 bits per heavy atom. The maximum atomic E-state index is 14.3. The van der Waals surface area contributed by atoms with Crippen molar-refractivity contribution >= 4 is 17.7 Å². The highest BCUT2D eigenvalue weighted by atomic mass is 16.5. The molecule has 0 unspecified atom stereocenters. The lowest BCUT2D eigenvalue weighted by Crippen LogP contribution is -2.55. The van der Waals surface area contributed by atoms with Gasteiger partial charge < -0.3 is 29.7 Å². The molecule has 0 aromatic heterocycles. The topological polar surface area (TPSA) is 106 Å². The zero-order chi connectivity index (χ0) is 30.9. The van der Waals surface area contributed by atoms with Crippen LogP contribution in [0.25, 0.3) is 0 Å². The molecule has 2 saturated heterocycles. The van der Waals surface area contributed by atoms with Gasteiger partial charge in [-0.3, -0.25) is 14.4 Å². The number of likely N-dealkylation sites (tertiary alicyclic amines) is 1. The van der Waals surface area contributed by atoms with Crippen molar-refractivity contribution in [2.45, 2.75) is 43.7 Å². The lowest BCUT2D eigenvalue weighted by molar-refractivity contribution is -0.145. The summed E-state index contributed by atoms with van der Waals surface area (Å²) in [6.45, 7) is 2.71. The third-order valence-electron chi connectivity index (χ3n) is 9.06. The van der Waals surface area contributed by atoms with Crippen LogP contribution >= 0.6 is 0 Å². The number of benzene rings is 3. The van der Waals surface area contributed by atoms with E-state index in [1.807, 2.05) is 97.9 Å². The molecule has 2 fully saturated rings. The first-order valence-electron chi connectivity index (χ1n) is 14.8. The average molecular weight is 596 g/mol. The van der Waals surface area contributed by atoms with E-state index in [0.29, 0.717) is 19.5 Å². The first-order valence-corrected chi connectivity index (χ1v) is 14.8. The maximum Gasteiger partial charge on any atom is 0.246 e. The molecule has 44 heavy (non-hydrogen) atoms. The predicted octanol–water partition coefficient (Wildman–Crippen LogP) is 3.42. The minimum absolute atomic E-state index is 0.254. The molecule has 9 nitrogen and oxygen atoms in total. The second kappa shape index (κ2) is 11.8. The van der Waals surface area contributed by atoms with Gasteiger partial charge in [-0.25, -0.2) is 0 Å². The summed E-state index contributed by atoms with van der Waals surface area (Å²) in [5, 5.41) is 6.05. The van der Waals surface area contributed by atoms with Gasteiger partial charge in [-0.15, -0.1) is 0 Å². The van der Waals surface area contributed by atoms with Gasteiger partial charge in [0.15, 0.2) is 0 Å². The third kappa shape index (κ3) is 5.21. The van der Waals surface area contributed by atoms with Gasteiger partial charge in [-0.2, -0.15) is 0 Å². The van der Waals surface area contributed by atoms with Gasteiger partial charge in [0, 0.05) is 19.6 Å². The van der Waals surface area contributed by atoms with Gasteiger partial charge in [0.05, 0.1) is 31.7 Å². The molecule has 2 bridgehead atoms. The molecular formula is C35H37N3O6. The fourth-order valence-electron chi connectivity index (χ4n) is 6.84. The molecule has 2 N–H and O–H groups in total. The first kappa shape index (κ1) is 29.4. The van der Waals surface area contributed by atoms with Crippen molar-refractivity contribution in [3.63, 3.8) is 0 Å². The average Bonchev–Trinajstić information content (AvgIpc) is 3.62. The molecule has 0 aliphatic carbocycles. The number of nitrogens with zero attached hydrogens (tertiary/aromatic N) is 1. The number of fused-ring (bicyclic) bond motifs is 1. The van der Waals surface area contributed by atoms with E-state index in [-0.39, 0.29) is 24.3 Å². The molecule has 3 heterocycles. The van der Waals surface area contributed by atoms with Crippen LogP contribution in [0, 0.1) is 11.8 Å². The molecule has 6 rings (SSSR count). The molecule has 9 heteroatoms. The Kier molecular flexibility index (Phi) is 7.90. The smallest absolute Gasteiger partial charge is 0.246 e. The number of carbonyl (C=O) groups excluding carboxylic acids is 3. The summed E-state index contributed by atoms with van der Waals surface area (Å²) in [7, 11) is 3.21. The lowest BCUT2D eigenvalue weighted by atomic mass is 9.70. The molecule has 3 aromatic rings. The quantitative estimate of drug-likeness (QED) is 0.329. The van der Waals surface area contributed by atoms with Crippen LogP contribution in [-0.4, -0.2) is 60.6 Å². The number of rotatable bonds is 11. The molecule has 3 aromatic carbocycles. The standard InChI is InChI=1S/C35H37N3O6/c1-34-18-19-35(44-34)29(28(34)31(39)36-22-25-11-15-27(43-3)16-12-25)33(41)38(20-17-23-9-13-26(42-2)14-10-23)30(35)32(40)37-21-24-7-5-4-6-8-24/h4-16,18-19,28-30H,17,20-22H2,1-3H3,(H,36,39)(H,37,40)/t28-,29+,30-,34+,35+/m1/s1. The number of ether oxygens (including phenoxy) is 3. The second-order valence-corrected chi connectivity index (χ2v) is 11.7. The number of amides is 3. The van der Waals surface area contributed by atoms with E-state index in [4.69, 9.17) is 14.2 Å². The van der Waals surface area contributed by atoms with Crippen LogP contribution in [0.1, 0.15) is 23.6 Å². The number of nitrogens with one attached hydrogen (secondary N) is 2. The maximum absolute atomic E-state index is 14.3. The molecule has 0 radical (unpaired) electrons. The third-order valence-corrected chi connectivity index (χ3v) is 9.06. The highest BCUT2D eigenvalue weighted by molar-refractivity contribution is 6.00. The van der Waals surface area contributed by atoms with Gasteiger partial charge in [0.25, 0.3) is 0 Å². The van der Waals surface area contributed by atoms with E-state index in [2.05, 4.69) is 10.6 Å². The lowest BCUT2D eigenvalue weighted by Gasteiger charge is -2.33. The van der Waals surface area contributed by atoms with E-state index in [1.54, 1.807) is 19.1 Å². The van der Waals surface area contributed by atoms with Crippen LogP contribution in [0.15, 0.2) is 91.0 Å². The Hall–Kier alpha value is -4.63. The monoisotopic (exact) mass is 595 g/mol. The Balaban J connectivity index is 1.26. The van der Waals surface area contributed by atoms with Crippen molar-refractivity contribution in [2.24, 2.45) is 11.8 Å². The van der Waals surface area contributed by atoms with E-state index >= 15 is 0 Å². The first-order chi connectivity index (χ1) is 21.3. The predicted molar refractivity (Wildman–Crippen MR) is 164 cm³/mol. The minimum Gasteiger partial charge on any atom is -0.497 e. The fraction of sp³-hybridized carbons (Fsp3) is 0.343. The highest BCUT2D eigenvalue weighted by Gasteiger charge is 2.76. The largest absolute Gasteiger partial charge is 0.497 e.